The topological polar surface area (TPSA) is 92.4 Å². The number of nitrogens with one attached hydrogen (secondary N) is 1. The number of rotatable bonds is 3. The van der Waals surface area contributed by atoms with Crippen molar-refractivity contribution >= 4 is 23.3 Å². The van der Waals surface area contributed by atoms with E-state index in [4.69, 9.17) is 10.8 Å². The van der Waals surface area contributed by atoms with Crippen LogP contribution in [-0.4, -0.2) is 17.0 Å². The lowest BCUT2D eigenvalue weighted by Gasteiger charge is -2.09. The number of hydrogen-bond donors (Lipinski definition) is 3. The summed E-state index contributed by atoms with van der Waals surface area (Å²) in [4.78, 5) is 23.2. The van der Waals surface area contributed by atoms with Crippen molar-refractivity contribution in [1.82, 2.24) is 0 Å². The van der Waals surface area contributed by atoms with E-state index >= 15 is 0 Å². The molecule has 96 valence electrons. The Bertz CT molecular complexity index is 624. The molecular weight excluding hydrogens is 244 g/mol. The minimum absolute atomic E-state index is 0.0383. The highest BCUT2D eigenvalue weighted by molar-refractivity contribution is 6.12. The van der Waals surface area contributed by atoms with Gasteiger partial charge >= 0.3 is 5.97 Å². The summed E-state index contributed by atoms with van der Waals surface area (Å²) >= 11 is 0. The van der Waals surface area contributed by atoms with Gasteiger partial charge in [-0.05, 0) is 24.3 Å². The van der Waals surface area contributed by atoms with Crippen LogP contribution in [0.2, 0.25) is 0 Å². The summed E-state index contributed by atoms with van der Waals surface area (Å²) in [5.74, 6) is -1.73. The SMILES string of the molecule is Nc1cccc(C(=O)Nc2ccccc2)c1C(=O)O. The molecule has 2 aromatic carbocycles. The monoisotopic (exact) mass is 256 g/mol. The fourth-order valence-electron chi connectivity index (χ4n) is 1.72. The van der Waals surface area contributed by atoms with Crippen LogP contribution in [0, 0.1) is 0 Å². The number of aromatic carboxylic acids is 1. The molecule has 0 saturated heterocycles. The fraction of sp³-hybridized carbons (Fsp3) is 0. The van der Waals surface area contributed by atoms with E-state index in [0.29, 0.717) is 5.69 Å². The van der Waals surface area contributed by atoms with Crippen LogP contribution in [0.3, 0.4) is 0 Å². The number of nitrogen functional groups attached to an aromatic ring is 1. The maximum absolute atomic E-state index is 12.1. The first kappa shape index (κ1) is 12.6. The molecule has 0 unspecified atom stereocenters. The number of hydrogen-bond acceptors (Lipinski definition) is 3. The second-order valence-corrected chi connectivity index (χ2v) is 3.90. The molecule has 2 aromatic rings. The quantitative estimate of drug-likeness (QED) is 0.734. The van der Waals surface area contributed by atoms with Crippen molar-refractivity contribution in [2.75, 3.05) is 11.1 Å². The Morgan fingerprint density at radius 2 is 1.68 bits per heavy atom. The number of carboxylic acid groups (broad SMARTS) is 1. The molecule has 0 radical (unpaired) electrons. The molecule has 0 fully saturated rings. The number of anilines is 2. The molecule has 0 aliphatic rings. The van der Waals surface area contributed by atoms with Crippen LogP contribution >= 0.6 is 0 Å². The molecule has 0 aliphatic carbocycles. The van der Waals surface area contributed by atoms with Crippen molar-refractivity contribution in [1.29, 1.82) is 0 Å². The summed E-state index contributed by atoms with van der Waals surface area (Å²) in [6.07, 6.45) is 0. The third-order valence-electron chi connectivity index (χ3n) is 2.59. The smallest absolute Gasteiger partial charge is 0.338 e. The highest BCUT2D eigenvalue weighted by Gasteiger charge is 2.19. The van der Waals surface area contributed by atoms with Gasteiger partial charge in [-0.2, -0.15) is 0 Å². The van der Waals surface area contributed by atoms with Gasteiger partial charge in [0.15, 0.2) is 0 Å². The summed E-state index contributed by atoms with van der Waals surface area (Å²) in [7, 11) is 0. The van der Waals surface area contributed by atoms with Crippen LogP contribution in [0.4, 0.5) is 11.4 Å². The van der Waals surface area contributed by atoms with Gasteiger partial charge in [-0.25, -0.2) is 4.79 Å². The largest absolute Gasteiger partial charge is 0.478 e. The molecular formula is C14H12N2O3. The summed E-state index contributed by atoms with van der Waals surface area (Å²) in [6.45, 7) is 0. The molecule has 0 bridgehead atoms. The summed E-state index contributed by atoms with van der Waals surface area (Å²) in [5, 5.41) is 11.7. The molecule has 1 amide bonds. The second kappa shape index (κ2) is 5.22. The predicted octanol–water partition coefficient (Wildman–Crippen LogP) is 2.22. The van der Waals surface area contributed by atoms with Gasteiger partial charge in [-0.3, -0.25) is 4.79 Å². The molecule has 19 heavy (non-hydrogen) atoms. The Morgan fingerprint density at radius 3 is 2.32 bits per heavy atom. The molecule has 0 aliphatic heterocycles. The second-order valence-electron chi connectivity index (χ2n) is 3.90. The van der Waals surface area contributed by atoms with E-state index in [2.05, 4.69) is 5.32 Å². The van der Waals surface area contributed by atoms with Gasteiger partial charge in [0, 0.05) is 11.4 Å². The first-order chi connectivity index (χ1) is 9.09. The normalized spacial score (nSPS) is 9.89. The van der Waals surface area contributed by atoms with Gasteiger partial charge in [0.2, 0.25) is 0 Å². The zero-order chi connectivity index (χ0) is 13.8. The highest BCUT2D eigenvalue weighted by Crippen LogP contribution is 2.18. The Hall–Kier alpha value is -2.82. The molecule has 0 aromatic heterocycles. The predicted molar refractivity (Wildman–Crippen MR) is 72.2 cm³/mol. The van der Waals surface area contributed by atoms with Crippen LogP contribution in [0.15, 0.2) is 48.5 Å². The highest BCUT2D eigenvalue weighted by atomic mass is 16.4. The lowest BCUT2D eigenvalue weighted by atomic mass is 10.0. The zero-order valence-electron chi connectivity index (χ0n) is 9.96. The van der Waals surface area contributed by atoms with Crippen LogP contribution in [0.1, 0.15) is 20.7 Å². The minimum Gasteiger partial charge on any atom is -0.478 e. The van der Waals surface area contributed by atoms with Gasteiger partial charge in [-0.15, -0.1) is 0 Å². The van der Waals surface area contributed by atoms with Gasteiger partial charge < -0.3 is 16.2 Å². The summed E-state index contributed by atoms with van der Waals surface area (Å²) < 4.78 is 0. The van der Waals surface area contributed by atoms with Crippen molar-refractivity contribution in [2.24, 2.45) is 0 Å². The average molecular weight is 256 g/mol. The molecule has 2 rings (SSSR count). The van der Waals surface area contributed by atoms with E-state index in [9.17, 15) is 9.59 Å². The van der Waals surface area contributed by atoms with Crippen LogP contribution in [-0.2, 0) is 0 Å². The van der Waals surface area contributed by atoms with Crippen molar-refractivity contribution in [2.45, 2.75) is 0 Å². The van der Waals surface area contributed by atoms with Crippen molar-refractivity contribution < 1.29 is 14.7 Å². The number of carbonyl (C=O) groups excluding carboxylic acids is 1. The Kier molecular flexibility index (Phi) is 3.47. The average Bonchev–Trinajstić information content (AvgIpc) is 2.39. The van der Waals surface area contributed by atoms with E-state index in [1.807, 2.05) is 6.07 Å². The third kappa shape index (κ3) is 2.71. The Labute approximate surface area is 109 Å². The van der Waals surface area contributed by atoms with Gasteiger partial charge in [0.05, 0.1) is 11.1 Å². The maximum Gasteiger partial charge on any atom is 0.338 e. The molecule has 5 heteroatoms. The minimum atomic E-state index is -1.23. The zero-order valence-corrected chi connectivity index (χ0v) is 9.96. The third-order valence-corrected chi connectivity index (χ3v) is 2.59. The van der Waals surface area contributed by atoms with E-state index in [0.717, 1.165) is 0 Å². The van der Waals surface area contributed by atoms with E-state index in [1.54, 1.807) is 30.3 Å². The van der Waals surface area contributed by atoms with Crippen molar-refractivity contribution in [3.05, 3.63) is 59.7 Å². The molecule has 4 N–H and O–H groups in total. The van der Waals surface area contributed by atoms with Crippen LogP contribution in [0.25, 0.3) is 0 Å². The van der Waals surface area contributed by atoms with Gasteiger partial charge in [0.25, 0.3) is 5.91 Å². The van der Waals surface area contributed by atoms with Crippen LogP contribution < -0.4 is 11.1 Å². The molecule has 5 nitrogen and oxygen atoms in total. The number of carboxylic acids is 1. The number of benzene rings is 2. The maximum atomic E-state index is 12.1. The van der Waals surface area contributed by atoms with Gasteiger partial charge in [0.1, 0.15) is 0 Å². The Morgan fingerprint density at radius 1 is 1.00 bits per heavy atom. The first-order valence-electron chi connectivity index (χ1n) is 5.58. The Balaban J connectivity index is 2.35. The molecule has 0 atom stereocenters. The molecule has 0 saturated carbocycles. The number of nitrogens with two attached hydrogens (primary N) is 1. The van der Waals surface area contributed by atoms with Crippen molar-refractivity contribution in [3.63, 3.8) is 0 Å². The lowest BCUT2D eigenvalue weighted by molar-refractivity contribution is 0.0693. The molecule has 0 heterocycles. The summed E-state index contributed by atoms with van der Waals surface area (Å²) in [6, 6.07) is 13.2. The number of carbonyl (C=O) groups is 2. The van der Waals surface area contributed by atoms with E-state index in [-0.39, 0.29) is 16.8 Å². The van der Waals surface area contributed by atoms with Crippen LogP contribution in [0.5, 0.6) is 0 Å². The number of para-hydroxylation sites is 1. The van der Waals surface area contributed by atoms with E-state index < -0.39 is 11.9 Å². The fourth-order valence-corrected chi connectivity index (χ4v) is 1.72. The standard InChI is InChI=1S/C14H12N2O3/c15-11-8-4-7-10(12(11)14(18)19)13(17)16-9-5-2-1-3-6-9/h1-8H,15H2,(H,16,17)(H,18,19). The van der Waals surface area contributed by atoms with Gasteiger partial charge in [-0.1, -0.05) is 24.3 Å². The van der Waals surface area contributed by atoms with E-state index in [1.165, 1.54) is 12.1 Å². The number of amides is 1. The lowest BCUT2D eigenvalue weighted by Crippen LogP contribution is -2.17. The molecule has 0 spiro atoms. The summed E-state index contributed by atoms with van der Waals surface area (Å²) in [5.41, 5.74) is 6.10. The van der Waals surface area contributed by atoms with Crippen molar-refractivity contribution in [3.8, 4) is 0 Å². The first-order valence-corrected chi connectivity index (χ1v) is 5.58.